The Bertz CT molecular complexity index is 5140. The van der Waals surface area contributed by atoms with Crippen LogP contribution in [0.1, 0.15) is 131 Å². The van der Waals surface area contributed by atoms with Crippen molar-refractivity contribution in [2.45, 2.75) is 134 Å². The summed E-state index contributed by atoms with van der Waals surface area (Å²) >= 11 is 7.61. The van der Waals surface area contributed by atoms with Gasteiger partial charge in [0.15, 0.2) is 27.8 Å². The first-order chi connectivity index (χ1) is 48.3. The molecule has 2 fully saturated rings. The Hall–Kier alpha value is -10.5. The fraction of sp³-hybridized carbons (Fsp3) is 0.292. The van der Waals surface area contributed by atoms with Crippen molar-refractivity contribution in [3.8, 4) is 0 Å². The van der Waals surface area contributed by atoms with Crippen molar-refractivity contribution in [1.29, 1.82) is 0 Å². The van der Waals surface area contributed by atoms with Gasteiger partial charge >= 0.3 is 12.1 Å². The molecule has 11 aromatic rings. The number of nitrogens with one attached hydrogen (secondary N) is 6. The number of pyridine rings is 6. The van der Waals surface area contributed by atoms with Crippen LogP contribution >= 0.6 is 61.1 Å². The molecule has 0 aromatic carbocycles. The average Bonchev–Trinajstić information content (AvgIpc) is 1.64. The summed E-state index contributed by atoms with van der Waals surface area (Å²) in [5.41, 5.74) is 8.48. The largest absolute Gasteiger partial charge is 0.459 e. The first kappa shape index (κ1) is 74.7. The van der Waals surface area contributed by atoms with E-state index in [1.165, 1.54) is 16.8 Å². The van der Waals surface area contributed by atoms with Gasteiger partial charge in [0.25, 0.3) is 40.9 Å². The summed E-state index contributed by atoms with van der Waals surface area (Å²) in [5, 5.41) is 25.8. The van der Waals surface area contributed by atoms with E-state index in [0.717, 1.165) is 94.5 Å². The van der Waals surface area contributed by atoms with Gasteiger partial charge in [-0.05, 0) is 207 Å². The quantitative estimate of drug-likeness (QED) is 0.0344. The summed E-state index contributed by atoms with van der Waals surface area (Å²) in [4.78, 5) is 104. The van der Waals surface area contributed by atoms with E-state index in [0.29, 0.717) is 52.6 Å². The Kier molecular flexibility index (Phi) is 24.9. The molecule has 3 aliphatic carbocycles. The monoisotopic (exact) mass is 1640 g/mol. The highest BCUT2D eigenvalue weighted by molar-refractivity contribution is 14.1. The molecular formula is C72H67BrI2N18O8. The van der Waals surface area contributed by atoms with Crippen molar-refractivity contribution in [2.24, 2.45) is 0 Å². The first-order valence-electron chi connectivity index (χ1n) is 31.6. The maximum absolute atomic E-state index is 12.9. The molecule has 0 radical (unpaired) electrons. The summed E-state index contributed by atoms with van der Waals surface area (Å²) in [7, 11) is 0. The molecular weight excluding hydrogens is 1580 g/mol. The van der Waals surface area contributed by atoms with Gasteiger partial charge in [-0.1, -0.05) is 64.6 Å². The minimum absolute atomic E-state index is 0.126. The van der Waals surface area contributed by atoms with E-state index in [4.69, 9.17) is 42.3 Å². The van der Waals surface area contributed by atoms with E-state index >= 15 is 0 Å². The second-order valence-electron chi connectivity index (χ2n) is 25.1. The van der Waals surface area contributed by atoms with Crippen LogP contribution in [0, 0.1) is 36.4 Å². The summed E-state index contributed by atoms with van der Waals surface area (Å²) < 4.78 is 14.9. The summed E-state index contributed by atoms with van der Waals surface area (Å²) in [6.45, 7) is 45.5. The molecule has 514 valence electrons. The lowest BCUT2D eigenvalue weighted by molar-refractivity contribution is -0.155. The van der Waals surface area contributed by atoms with E-state index in [1.54, 1.807) is 69.4 Å². The van der Waals surface area contributed by atoms with Gasteiger partial charge in [0.1, 0.15) is 38.4 Å². The zero-order valence-corrected chi connectivity index (χ0v) is 61.3. The predicted molar refractivity (Wildman–Crippen MR) is 404 cm³/mol. The second kappa shape index (κ2) is 33.6. The van der Waals surface area contributed by atoms with Crippen LogP contribution in [0.15, 0.2) is 127 Å². The second-order valence-corrected chi connectivity index (χ2v) is 28.2. The number of H-pyrrole nitrogens is 4. The molecule has 0 bridgehead atoms. The summed E-state index contributed by atoms with van der Waals surface area (Å²) in [6.07, 6.45) is 15.4. The van der Waals surface area contributed by atoms with Crippen LogP contribution in [0.25, 0.3) is 83.0 Å². The van der Waals surface area contributed by atoms with Gasteiger partial charge < -0.3 is 74.5 Å². The lowest BCUT2D eigenvalue weighted by atomic mass is 9.92. The highest BCUT2D eigenvalue weighted by atomic mass is 127. The maximum Gasteiger partial charge on any atom is 0.419 e. The van der Waals surface area contributed by atoms with Gasteiger partial charge in [-0.3, -0.25) is 14.4 Å². The van der Waals surface area contributed by atoms with Crippen molar-refractivity contribution in [3.63, 3.8) is 0 Å². The smallest absolute Gasteiger partial charge is 0.419 e. The van der Waals surface area contributed by atoms with Crippen molar-refractivity contribution in [1.82, 2.24) is 65.0 Å². The number of ether oxygens (including phenoxy) is 2. The number of carbonyl (C=O) groups excluding carboxylic acids is 4. The van der Waals surface area contributed by atoms with Crippen molar-refractivity contribution in [2.75, 3.05) is 0 Å². The maximum atomic E-state index is 12.9. The Morgan fingerprint density at radius 2 is 1.01 bits per heavy atom. The summed E-state index contributed by atoms with van der Waals surface area (Å²) in [5.74, 6) is 0.208. The third-order valence-electron chi connectivity index (χ3n) is 15.6. The Labute approximate surface area is 616 Å². The third-order valence-corrected chi connectivity index (χ3v) is 17.7. The highest BCUT2D eigenvalue weighted by Gasteiger charge is 2.35. The van der Waals surface area contributed by atoms with E-state index < -0.39 is 41.3 Å². The number of esters is 1. The Morgan fingerprint density at radius 1 is 0.545 bits per heavy atom. The van der Waals surface area contributed by atoms with Crippen LogP contribution in [-0.4, -0.2) is 124 Å². The van der Waals surface area contributed by atoms with Crippen LogP contribution < -0.4 is 10.6 Å². The number of halogens is 3. The van der Waals surface area contributed by atoms with Gasteiger partial charge in [0.2, 0.25) is 0 Å². The van der Waals surface area contributed by atoms with Crippen LogP contribution in [-0.2, 0) is 14.3 Å². The standard InChI is InChI=1S/C20H24N4O4.C15H16N4O2.C14H13IN2O2.C8H4IN3.C8H5N3.C7H5BrN2/c1-20(2,3)28-19(27)24-11-12(17-14(24)9-10-16(21-4)23-17)18(26)22-13-7-5-6-8-15(13)25;1-16-13-7-6-11-14(19-13)9(8-17-11)15(21)18-10-4-2-3-5-12(10)20;1-14(2,3)19-13(18)9-7-10(15)12-8(9)5-6-11(16-4)17-12;1-10-7-3-2-6-8(12-7)5(9)4-11-6;1-9-8-3-2-6-7(11-8)4-5-10-6;8-7-2-1-5-6(10-7)3-4-9-5/h9-11,13,15,25H,5-8H2,1-3H3,(H,22,26);6-8,10,12,17,20H,2-5H2,(H,18,21);5-7,9H,1-3H3;2-4,11H;2-5,10H;1-4,9H/t13-,15-;10-,12-;;;;/m00..../s1. The fourth-order valence-electron chi connectivity index (χ4n) is 10.8. The number of carbonyl (C=O) groups is 4. The third kappa shape index (κ3) is 19.5. The van der Waals surface area contributed by atoms with E-state index in [2.05, 4.69) is 146 Å². The molecule has 0 spiro atoms. The molecule has 5 atom stereocenters. The number of aromatic nitrogens is 11. The Balaban J connectivity index is 0.000000146. The van der Waals surface area contributed by atoms with Crippen LogP contribution in [0.5, 0.6) is 0 Å². The molecule has 29 heteroatoms. The molecule has 0 aliphatic heterocycles. The molecule has 1 unspecified atom stereocenters. The number of amides is 2. The molecule has 8 N–H and O–H groups in total. The first-order valence-corrected chi connectivity index (χ1v) is 34.6. The molecule has 11 aromatic heterocycles. The van der Waals surface area contributed by atoms with Crippen molar-refractivity contribution >= 4 is 173 Å². The lowest BCUT2D eigenvalue weighted by Gasteiger charge is -2.28. The molecule has 26 nitrogen and oxygen atoms in total. The number of fused-ring (bicyclic) bond motifs is 6. The average molecular weight is 1650 g/mol. The molecule has 2 saturated carbocycles. The number of rotatable bonds is 5. The van der Waals surface area contributed by atoms with Gasteiger partial charge in [-0.25, -0.2) is 14.3 Å². The van der Waals surface area contributed by atoms with E-state index in [-0.39, 0.29) is 46.7 Å². The molecule has 3 aliphatic rings. The van der Waals surface area contributed by atoms with Crippen LogP contribution in [0.3, 0.4) is 0 Å². The fourth-order valence-corrected chi connectivity index (χ4v) is 12.5. The topological polar surface area (TPSA) is 318 Å². The van der Waals surface area contributed by atoms with Gasteiger partial charge in [-0.15, -0.1) is 24.9 Å². The van der Waals surface area contributed by atoms with Crippen LogP contribution in [0.2, 0.25) is 0 Å². The number of aromatic amines is 4. The molecule has 11 heterocycles. The number of hydrogen-bond donors (Lipinski definition) is 8. The highest BCUT2D eigenvalue weighted by Crippen LogP contribution is 2.41. The SMILES string of the molecule is Brc1ccc2[nH]ccc2n1.[C-]#[N+]c1ccc2[nH]cc(C(=O)N[C@H]3CCCC[C@@H]3O)c2n1.[C-]#[N+]c1ccc2[nH]cc(I)c2n1.[C-]#[N+]c1ccc2[nH]ccc2n1.[C-]#[N+]c1ccc2c(n1)C(I)=CC2C(=O)OC(C)(C)C.[C-]#[N+]c1ccc2c(n1)c(C(=O)N[C@H]1CCCC[C@@H]1O)cn2C(=O)OC(C)(C)C. The van der Waals surface area contributed by atoms with Crippen molar-refractivity contribution < 1.29 is 38.9 Å². The van der Waals surface area contributed by atoms with E-state index in [9.17, 15) is 29.4 Å². The lowest BCUT2D eigenvalue weighted by Crippen LogP contribution is -2.45. The normalized spacial score (nSPS) is 16.6. The summed E-state index contributed by atoms with van der Waals surface area (Å²) in [6, 6.07) is 24.1. The number of nitrogens with zero attached hydrogens (tertiary/aromatic N) is 12. The van der Waals surface area contributed by atoms with E-state index in [1.807, 2.05) is 81.8 Å². The van der Waals surface area contributed by atoms with Crippen LogP contribution in [0.4, 0.5) is 33.9 Å². The molecule has 14 rings (SSSR count). The van der Waals surface area contributed by atoms with Gasteiger partial charge in [0.05, 0.1) is 59.0 Å². The van der Waals surface area contributed by atoms with Gasteiger partial charge in [-0.2, -0.15) is 0 Å². The number of aliphatic hydroxyl groups excluding tert-OH is 2. The van der Waals surface area contributed by atoms with Crippen molar-refractivity contribution in [3.05, 3.63) is 210 Å². The Morgan fingerprint density at radius 3 is 1.57 bits per heavy atom. The molecule has 2 amide bonds. The molecule has 0 saturated heterocycles. The number of aliphatic hydroxyl groups is 2. The number of hydrogen-bond acceptors (Lipinski definition) is 14. The minimum atomic E-state index is -0.702. The molecule has 101 heavy (non-hydrogen) atoms. The zero-order valence-electron chi connectivity index (χ0n) is 55.4. The minimum Gasteiger partial charge on any atom is -0.459 e. The predicted octanol–water partition coefficient (Wildman–Crippen LogP) is 16.6. The van der Waals surface area contributed by atoms with Gasteiger partial charge in [0, 0.05) is 42.6 Å². The zero-order chi connectivity index (χ0) is 72.7.